The van der Waals surface area contributed by atoms with Crippen molar-refractivity contribution in [2.24, 2.45) is 7.05 Å². The van der Waals surface area contributed by atoms with Gasteiger partial charge in [0.05, 0.1) is 24.1 Å². The van der Waals surface area contributed by atoms with Crippen molar-refractivity contribution in [3.8, 4) is 0 Å². The monoisotopic (exact) mass is 219 g/mol. The second-order valence-corrected chi connectivity index (χ2v) is 3.56. The summed E-state index contributed by atoms with van der Waals surface area (Å²) in [6.07, 6.45) is 3.21. The van der Waals surface area contributed by atoms with Gasteiger partial charge in [-0.3, -0.25) is 9.48 Å². The molecule has 0 aromatic carbocycles. The van der Waals surface area contributed by atoms with Gasteiger partial charge in [-0.25, -0.2) is 4.68 Å². The molecule has 0 fully saturated rings. The first-order valence-corrected chi connectivity index (χ1v) is 5.10. The molecule has 6 nitrogen and oxygen atoms in total. The van der Waals surface area contributed by atoms with E-state index in [1.807, 2.05) is 17.8 Å². The van der Waals surface area contributed by atoms with Gasteiger partial charge in [0.1, 0.15) is 5.69 Å². The van der Waals surface area contributed by atoms with E-state index < -0.39 is 0 Å². The van der Waals surface area contributed by atoms with Crippen LogP contribution >= 0.6 is 0 Å². The van der Waals surface area contributed by atoms with Crippen LogP contribution in [0.3, 0.4) is 0 Å². The van der Waals surface area contributed by atoms with Gasteiger partial charge in [-0.2, -0.15) is 5.10 Å². The van der Waals surface area contributed by atoms with Crippen LogP contribution in [0.2, 0.25) is 0 Å². The van der Waals surface area contributed by atoms with Crippen molar-refractivity contribution < 1.29 is 4.79 Å². The number of nitrogens with zero attached hydrogens (tertiary/aromatic N) is 5. The summed E-state index contributed by atoms with van der Waals surface area (Å²) >= 11 is 0. The van der Waals surface area contributed by atoms with Crippen LogP contribution in [0.15, 0.2) is 12.3 Å². The maximum atomic E-state index is 10.5. The highest BCUT2D eigenvalue weighted by atomic mass is 16.1. The first-order chi connectivity index (χ1) is 7.72. The highest BCUT2D eigenvalue weighted by Crippen LogP contribution is 2.05. The van der Waals surface area contributed by atoms with Crippen molar-refractivity contribution in [3.05, 3.63) is 29.3 Å². The predicted octanol–water partition coefficient (Wildman–Crippen LogP) is 0.435. The van der Waals surface area contributed by atoms with E-state index in [9.17, 15) is 4.79 Å². The van der Waals surface area contributed by atoms with Crippen molar-refractivity contribution in [1.82, 2.24) is 24.8 Å². The Kier molecular flexibility index (Phi) is 2.80. The molecule has 0 aliphatic carbocycles. The largest absolute Gasteiger partial charge is 0.296 e. The molecule has 0 spiro atoms. The zero-order valence-corrected chi connectivity index (χ0v) is 9.29. The van der Waals surface area contributed by atoms with Gasteiger partial charge in [0, 0.05) is 7.05 Å². The highest BCUT2D eigenvalue weighted by molar-refractivity contribution is 5.70. The number of aryl methyl sites for hydroxylation is 2. The third-order valence-electron chi connectivity index (χ3n) is 2.39. The van der Waals surface area contributed by atoms with Gasteiger partial charge in [0.2, 0.25) is 0 Å². The van der Waals surface area contributed by atoms with Gasteiger partial charge >= 0.3 is 0 Å². The van der Waals surface area contributed by atoms with E-state index in [0.717, 1.165) is 17.8 Å². The van der Waals surface area contributed by atoms with Crippen molar-refractivity contribution in [1.29, 1.82) is 0 Å². The standard InChI is InChI=1S/C10H13N5O/c1-3-8-4-10(14(2)12-8)6-15-5-9(7-16)11-13-15/h4-5,7H,3,6H2,1-2H3. The summed E-state index contributed by atoms with van der Waals surface area (Å²) in [5.41, 5.74) is 2.44. The van der Waals surface area contributed by atoms with E-state index in [0.29, 0.717) is 18.5 Å². The molecule has 0 saturated carbocycles. The van der Waals surface area contributed by atoms with Crippen LogP contribution in [0.5, 0.6) is 0 Å². The Hall–Kier alpha value is -1.98. The topological polar surface area (TPSA) is 65.6 Å². The molecule has 16 heavy (non-hydrogen) atoms. The second kappa shape index (κ2) is 4.26. The number of aromatic nitrogens is 5. The molecule has 0 bridgehead atoms. The quantitative estimate of drug-likeness (QED) is 0.700. The summed E-state index contributed by atoms with van der Waals surface area (Å²) in [5.74, 6) is 0. The average molecular weight is 219 g/mol. The van der Waals surface area contributed by atoms with Crippen LogP contribution in [0.25, 0.3) is 0 Å². The Bertz CT molecular complexity index is 499. The summed E-state index contributed by atoms with van der Waals surface area (Å²) in [5, 5.41) is 11.9. The Labute approximate surface area is 92.9 Å². The summed E-state index contributed by atoms with van der Waals surface area (Å²) < 4.78 is 3.45. The van der Waals surface area contributed by atoms with E-state index in [-0.39, 0.29) is 0 Å². The summed E-state index contributed by atoms with van der Waals surface area (Å²) in [6, 6.07) is 2.03. The SMILES string of the molecule is CCc1cc(Cn2cc(C=O)nn2)n(C)n1. The van der Waals surface area contributed by atoms with Gasteiger partial charge < -0.3 is 0 Å². The lowest BCUT2D eigenvalue weighted by Crippen LogP contribution is -2.06. The molecule has 0 saturated heterocycles. The minimum atomic E-state index is 0.345. The fourth-order valence-electron chi connectivity index (χ4n) is 1.50. The molecule has 84 valence electrons. The maximum Gasteiger partial charge on any atom is 0.171 e. The van der Waals surface area contributed by atoms with Gasteiger partial charge in [-0.1, -0.05) is 12.1 Å². The predicted molar refractivity (Wildman–Crippen MR) is 57.1 cm³/mol. The molecule has 6 heteroatoms. The Morgan fingerprint density at radius 2 is 2.31 bits per heavy atom. The molecule has 2 aromatic heterocycles. The zero-order valence-electron chi connectivity index (χ0n) is 9.29. The molecular formula is C10H13N5O. The molecule has 0 N–H and O–H groups in total. The minimum absolute atomic E-state index is 0.345. The lowest BCUT2D eigenvalue weighted by atomic mass is 10.3. The van der Waals surface area contributed by atoms with Crippen LogP contribution in [0.1, 0.15) is 28.8 Å². The van der Waals surface area contributed by atoms with Crippen molar-refractivity contribution in [3.63, 3.8) is 0 Å². The van der Waals surface area contributed by atoms with Crippen molar-refractivity contribution >= 4 is 6.29 Å². The Morgan fingerprint density at radius 1 is 1.50 bits per heavy atom. The van der Waals surface area contributed by atoms with Crippen LogP contribution in [-0.4, -0.2) is 31.1 Å². The molecular weight excluding hydrogens is 206 g/mol. The summed E-state index contributed by atoms with van der Waals surface area (Å²) in [4.78, 5) is 10.5. The molecule has 2 heterocycles. The van der Waals surface area contributed by atoms with Crippen molar-refractivity contribution in [2.45, 2.75) is 19.9 Å². The Morgan fingerprint density at radius 3 is 2.88 bits per heavy atom. The molecule has 2 rings (SSSR count). The van der Waals surface area contributed by atoms with Crippen LogP contribution < -0.4 is 0 Å². The number of aldehydes is 1. The summed E-state index contributed by atoms with van der Waals surface area (Å²) in [7, 11) is 1.89. The Balaban J connectivity index is 2.19. The van der Waals surface area contributed by atoms with Crippen LogP contribution in [0, 0.1) is 0 Å². The van der Waals surface area contributed by atoms with Gasteiger partial charge in [-0.05, 0) is 12.5 Å². The fraction of sp³-hybridized carbons (Fsp3) is 0.400. The minimum Gasteiger partial charge on any atom is -0.296 e. The molecule has 0 atom stereocenters. The molecule has 0 amide bonds. The third kappa shape index (κ3) is 2.00. The first kappa shape index (κ1) is 10.5. The van der Waals surface area contributed by atoms with Gasteiger partial charge in [0.25, 0.3) is 0 Å². The first-order valence-electron chi connectivity index (χ1n) is 5.10. The lowest BCUT2D eigenvalue weighted by molar-refractivity contribution is 0.111. The fourth-order valence-corrected chi connectivity index (χ4v) is 1.50. The maximum absolute atomic E-state index is 10.5. The third-order valence-corrected chi connectivity index (χ3v) is 2.39. The van der Waals surface area contributed by atoms with E-state index >= 15 is 0 Å². The molecule has 0 unspecified atom stereocenters. The molecule has 0 aliphatic heterocycles. The van der Waals surface area contributed by atoms with Gasteiger partial charge in [0.15, 0.2) is 6.29 Å². The molecule has 0 aliphatic rings. The number of rotatable bonds is 4. The number of carbonyl (C=O) groups is 1. The van der Waals surface area contributed by atoms with Crippen LogP contribution in [0.4, 0.5) is 0 Å². The average Bonchev–Trinajstić information content (AvgIpc) is 2.87. The van der Waals surface area contributed by atoms with Crippen molar-refractivity contribution in [2.75, 3.05) is 0 Å². The summed E-state index contributed by atoms with van der Waals surface area (Å²) in [6.45, 7) is 2.64. The highest BCUT2D eigenvalue weighted by Gasteiger charge is 2.06. The number of hydrogen-bond donors (Lipinski definition) is 0. The number of hydrogen-bond acceptors (Lipinski definition) is 4. The van der Waals surface area contributed by atoms with Crippen LogP contribution in [-0.2, 0) is 20.0 Å². The second-order valence-electron chi connectivity index (χ2n) is 3.56. The van der Waals surface area contributed by atoms with E-state index in [1.165, 1.54) is 0 Å². The normalized spacial score (nSPS) is 10.6. The molecule has 0 radical (unpaired) electrons. The van der Waals surface area contributed by atoms with E-state index in [1.54, 1.807) is 10.9 Å². The zero-order chi connectivity index (χ0) is 11.5. The molecule has 2 aromatic rings. The van der Waals surface area contributed by atoms with E-state index in [2.05, 4.69) is 22.3 Å². The lowest BCUT2D eigenvalue weighted by Gasteiger charge is -1.99. The smallest absolute Gasteiger partial charge is 0.171 e. The van der Waals surface area contributed by atoms with Gasteiger partial charge in [-0.15, -0.1) is 5.10 Å². The van der Waals surface area contributed by atoms with E-state index in [4.69, 9.17) is 0 Å². The number of carbonyl (C=O) groups excluding carboxylic acids is 1.